The van der Waals surface area contributed by atoms with Gasteiger partial charge in [-0.15, -0.1) is 12.4 Å². The van der Waals surface area contributed by atoms with E-state index >= 15 is 0 Å². The van der Waals surface area contributed by atoms with Crippen LogP contribution in [0, 0.1) is 6.92 Å². The summed E-state index contributed by atoms with van der Waals surface area (Å²) >= 11 is 3.48. The van der Waals surface area contributed by atoms with Crippen molar-refractivity contribution in [1.82, 2.24) is 4.98 Å². The van der Waals surface area contributed by atoms with Crippen molar-refractivity contribution < 1.29 is 0 Å². The quantitative estimate of drug-likeness (QED) is 0.876. The summed E-state index contributed by atoms with van der Waals surface area (Å²) in [7, 11) is 0. The first-order chi connectivity index (χ1) is 6.72. The Morgan fingerprint density at radius 3 is 2.80 bits per heavy atom. The summed E-state index contributed by atoms with van der Waals surface area (Å²) in [6, 6.07) is 6.28. The van der Waals surface area contributed by atoms with E-state index < -0.39 is 0 Å². The van der Waals surface area contributed by atoms with E-state index in [0.29, 0.717) is 6.54 Å². The molecule has 1 aromatic heterocycles. The average Bonchev–Trinajstić information content (AvgIpc) is 2.45. The molecule has 0 amide bonds. The van der Waals surface area contributed by atoms with Crippen LogP contribution in [0.3, 0.4) is 0 Å². The Hall–Kier alpha value is -0.510. The maximum Gasteiger partial charge on any atom is 0.0459 e. The molecule has 0 atom stereocenters. The molecule has 0 saturated heterocycles. The molecule has 0 aliphatic heterocycles. The molecule has 2 aromatic rings. The molecule has 0 unspecified atom stereocenters. The molecule has 2 rings (SSSR count). The lowest BCUT2D eigenvalue weighted by Gasteiger charge is -1.98. The van der Waals surface area contributed by atoms with E-state index in [1.54, 1.807) is 0 Å². The summed E-state index contributed by atoms with van der Waals surface area (Å²) in [4.78, 5) is 3.36. The van der Waals surface area contributed by atoms with Crippen LogP contribution in [0.2, 0.25) is 0 Å². The molecule has 1 aromatic carbocycles. The van der Waals surface area contributed by atoms with E-state index in [-0.39, 0.29) is 12.4 Å². The van der Waals surface area contributed by atoms with Crippen LogP contribution in [-0.2, 0) is 6.42 Å². The van der Waals surface area contributed by atoms with Gasteiger partial charge in [-0.1, -0.05) is 15.9 Å². The SMILES string of the molecule is Cc1[nH]c2ccc(Br)cc2c1CCN.Cl. The van der Waals surface area contributed by atoms with Gasteiger partial charge in [0.2, 0.25) is 0 Å². The van der Waals surface area contributed by atoms with Crippen LogP contribution in [0.4, 0.5) is 0 Å². The first kappa shape index (κ1) is 12.6. The highest BCUT2D eigenvalue weighted by molar-refractivity contribution is 9.10. The zero-order valence-electron chi connectivity index (χ0n) is 8.51. The van der Waals surface area contributed by atoms with Crippen molar-refractivity contribution in [1.29, 1.82) is 0 Å². The summed E-state index contributed by atoms with van der Waals surface area (Å²) in [5, 5.41) is 1.28. The standard InChI is InChI=1S/C11H13BrN2.ClH/c1-7-9(4-5-13)10-6-8(12)2-3-11(10)14-7;/h2-3,6,14H,4-5,13H2,1H3;1H. The minimum absolute atomic E-state index is 0. The lowest BCUT2D eigenvalue weighted by Crippen LogP contribution is -2.03. The second-order valence-corrected chi connectivity index (χ2v) is 4.37. The molecule has 1 heterocycles. The molecule has 2 nitrogen and oxygen atoms in total. The van der Waals surface area contributed by atoms with Crippen LogP contribution in [-0.4, -0.2) is 11.5 Å². The zero-order valence-corrected chi connectivity index (χ0v) is 10.9. The molecule has 0 fully saturated rings. The fourth-order valence-electron chi connectivity index (χ4n) is 1.82. The highest BCUT2D eigenvalue weighted by Gasteiger charge is 2.07. The van der Waals surface area contributed by atoms with E-state index in [4.69, 9.17) is 5.73 Å². The zero-order chi connectivity index (χ0) is 10.1. The molecule has 0 radical (unpaired) electrons. The van der Waals surface area contributed by atoms with Gasteiger partial charge in [0.1, 0.15) is 0 Å². The number of aromatic amines is 1. The molecule has 0 spiro atoms. The molecule has 4 heteroatoms. The highest BCUT2D eigenvalue weighted by atomic mass is 79.9. The number of nitrogens with one attached hydrogen (secondary N) is 1. The smallest absolute Gasteiger partial charge is 0.0459 e. The second kappa shape index (κ2) is 5.01. The fraction of sp³-hybridized carbons (Fsp3) is 0.273. The molecule has 82 valence electrons. The summed E-state index contributed by atoms with van der Waals surface area (Å²) < 4.78 is 1.11. The number of rotatable bonds is 2. The van der Waals surface area contributed by atoms with E-state index in [2.05, 4.69) is 40.0 Å². The Balaban J connectivity index is 0.00000112. The number of hydrogen-bond donors (Lipinski definition) is 2. The van der Waals surface area contributed by atoms with Gasteiger partial charge in [0.25, 0.3) is 0 Å². The van der Waals surface area contributed by atoms with E-state index in [1.807, 2.05) is 6.07 Å². The Bertz CT molecular complexity index is 465. The molecule has 3 N–H and O–H groups in total. The van der Waals surface area contributed by atoms with Crippen LogP contribution >= 0.6 is 28.3 Å². The number of fused-ring (bicyclic) bond motifs is 1. The Labute approximate surface area is 104 Å². The monoisotopic (exact) mass is 288 g/mol. The molecule has 0 bridgehead atoms. The first-order valence-corrected chi connectivity index (χ1v) is 5.48. The van der Waals surface area contributed by atoms with Crippen LogP contribution < -0.4 is 5.73 Å². The van der Waals surface area contributed by atoms with Gasteiger partial charge in [0, 0.05) is 21.1 Å². The Kier molecular flexibility index (Phi) is 4.20. The molecule has 0 aliphatic rings. The molecule has 0 aliphatic carbocycles. The molecule has 0 saturated carbocycles. The van der Waals surface area contributed by atoms with Crippen molar-refractivity contribution in [3.63, 3.8) is 0 Å². The average molecular weight is 290 g/mol. The van der Waals surface area contributed by atoms with Gasteiger partial charge in [-0.3, -0.25) is 0 Å². The maximum absolute atomic E-state index is 5.59. The predicted octanol–water partition coefficient (Wildman–Crippen LogP) is 3.16. The lowest BCUT2D eigenvalue weighted by atomic mass is 10.1. The molecular weight excluding hydrogens is 275 g/mol. The lowest BCUT2D eigenvalue weighted by molar-refractivity contribution is 0.963. The molecular formula is C11H14BrClN2. The van der Waals surface area contributed by atoms with Crippen molar-refractivity contribution in [3.8, 4) is 0 Å². The minimum atomic E-state index is 0. The summed E-state index contributed by atoms with van der Waals surface area (Å²) in [6.45, 7) is 2.79. The summed E-state index contributed by atoms with van der Waals surface area (Å²) in [6.07, 6.45) is 0.933. The van der Waals surface area contributed by atoms with Crippen LogP contribution in [0.25, 0.3) is 10.9 Å². The third-order valence-electron chi connectivity index (χ3n) is 2.48. The molecule has 15 heavy (non-hydrogen) atoms. The number of H-pyrrole nitrogens is 1. The van der Waals surface area contributed by atoms with Crippen molar-refractivity contribution in [3.05, 3.63) is 33.9 Å². The maximum atomic E-state index is 5.59. The van der Waals surface area contributed by atoms with Crippen molar-refractivity contribution in [2.75, 3.05) is 6.54 Å². The topological polar surface area (TPSA) is 41.8 Å². The van der Waals surface area contributed by atoms with Gasteiger partial charge >= 0.3 is 0 Å². The number of benzene rings is 1. The fourth-order valence-corrected chi connectivity index (χ4v) is 2.18. The predicted molar refractivity (Wildman–Crippen MR) is 70.7 cm³/mol. The van der Waals surface area contributed by atoms with Gasteiger partial charge < -0.3 is 10.7 Å². The van der Waals surface area contributed by atoms with E-state index in [1.165, 1.54) is 22.2 Å². The number of halogens is 2. The number of aromatic nitrogens is 1. The normalized spacial score (nSPS) is 10.3. The third kappa shape index (κ3) is 2.36. The van der Waals surface area contributed by atoms with E-state index in [9.17, 15) is 0 Å². The Morgan fingerprint density at radius 2 is 2.13 bits per heavy atom. The first-order valence-electron chi connectivity index (χ1n) is 4.69. The van der Waals surface area contributed by atoms with Crippen molar-refractivity contribution in [2.24, 2.45) is 5.73 Å². The van der Waals surface area contributed by atoms with Crippen LogP contribution in [0.15, 0.2) is 22.7 Å². The van der Waals surface area contributed by atoms with Crippen molar-refractivity contribution >= 4 is 39.2 Å². The van der Waals surface area contributed by atoms with Crippen LogP contribution in [0.5, 0.6) is 0 Å². The van der Waals surface area contributed by atoms with Crippen LogP contribution in [0.1, 0.15) is 11.3 Å². The van der Waals surface area contributed by atoms with Crippen molar-refractivity contribution in [2.45, 2.75) is 13.3 Å². The van der Waals surface area contributed by atoms with E-state index in [0.717, 1.165) is 10.9 Å². The summed E-state index contributed by atoms with van der Waals surface area (Å²) in [5.41, 5.74) is 9.34. The van der Waals surface area contributed by atoms with Gasteiger partial charge in [0.05, 0.1) is 0 Å². The third-order valence-corrected chi connectivity index (χ3v) is 2.97. The number of nitrogens with two attached hydrogens (primary N) is 1. The van der Waals surface area contributed by atoms with Gasteiger partial charge in [-0.05, 0) is 43.7 Å². The summed E-state index contributed by atoms with van der Waals surface area (Å²) in [5.74, 6) is 0. The Morgan fingerprint density at radius 1 is 1.40 bits per heavy atom. The second-order valence-electron chi connectivity index (χ2n) is 3.46. The van der Waals surface area contributed by atoms with Gasteiger partial charge in [0.15, 0.2) is 0 Å². The largest absolute Gasteiger partial charge is 0.358 e. The van der Waals surface area contributed by atoms with Gasteiger partial charge in [-0.2, -0.15) is 0 Å². The highest BCUT2D eigenvalue weighted by Crippen LogP contribution is 2.25. The number of hydrogen-bond acceptors (Lipinski definition) is 1. The number of aryl methyl sites for hydroxylation is 1. The minimum Gasteiger partial charge on any atom is -0.358 e. The van der Waals surface area contributed by atoms with Gasteiger partial charge in [-0.25, -0.2) is 0 Å².